The first-order chi connectivity index (χ1) is 12.7. The lowest BCUT2D eigenvalue weighted by Gasteiger charge is -2.13. The molecule has 1 saturated heterocycles. The number of benzene rings is 1. The maximum absolute atomic E-state index is 12.3. The Hall–Kier alpha value is -2.52. The highest BCUT2D eigenvalue weighted by Gasteiger charge is 2.36. The highest BCUT2D eigenvalue weighted by Crippen LogP contribution is 2.28. The van der Waals surface area contributed by atoms with Gasteiger partial charge in [0.15, 0.2) is 0 Å². The van der Waals surface area contributed by atoms with Crippen molar-refractivity contribution in [1.82, 2.24) is 15.5 Å². The molecule has 0 aliphatic carbocycles. The van der Waals surface area contributed by atoms with Crippen LogP contribution in [0.4, 0.5) is 5.13 Å². The van der Waals surface area contributed by atoms with Crippen molar-refractivity contribution in [2.45, 2.75) is 13.0 Å². The molecule has 138 valence electrons. The molecule has 1 N–H and O–H groups in total. The summed E-state index contributed by atoms with van der Waals surface area (Å²) in [6.45, 7) is 1.42. The molecule has 2 amide bonds. The van der Waals surface area contributed by atoms with Gasteiger partial charge < -0.3 is 14.8 Å². The molecule has 26 heavy (non-hydrogen) atoms. The summed E-state index contributed by atoms with van der Waals surface area (Å²) in [6, 6.07) is 9.40. The van der Waals surface area contributed by atoms with Gasteiger partial charge in [-0.25, -0.2) is 0 Å². The number of hydrogen-bond donors (Lipinski definition) is 1. The van der Waals surface area contributed by atoms with E-state index in [2.05, 4.69) is 15.5 Å². The van der Waals surface area contributed by atoms with E-state index in [9.17, 15) is 9.59 Å². The molecule has 1 aromatic carbocycles. The van der Waals surface area contributed by atoms with Gasteiger partial charge in [-0.1, -0.05) is 29.5 Å². The molecular formula is C17H20N4O4S. The van der Waals surface area contributed by atoms with Crippen molar-refractivity contribution in [2.24, 2.45) is 5.92 Å². The molecule has 2 heterocycles. The Morgan fingerprint density at radius 3 is 2.92 bits per heavy atom. The van der Waals surface area contributed by atoms with Gasteiger partial charge in [0.25, 0.3) is 0 Å². The average Bonchev–Trinajstić information content (AvgIpc) is 3.26. The van der Waals surface area contributed by atoms with Crippen LogP contribution < -0.4 is 15.0 Å². The molecule has 0 bridgehead atoms. The Morgan fingerprint density at radius 2 is 2.15 bits per heavy atom. The molecule has 0 saturated carbocycles. The minimum Gasteiger partial charge on any atom is -0.492 e. The number of amides is 2. The lowest BCUT2D eigenvalue weighted by atomic mass is 10.1. The molecule has 1 unspecified atom stereocenters. The summed E-state index contributed by atoms with van der Waals surface area (Å²) in [5, 5.41) is 12.0. The molecule has 8 nitrogen and oxygen atoms in total. The van der Waals surface area contributed by atoms with Crippen LogP contribution in [0.5, 0.6) is 5.75 Å². The van der Waals surface area contributed by atoms with Crippen LogP contribution in [0.25, 0.3) is 0 Å². The van der Waals surface area contributed by atoms with Gasteiger partial charge in [-0.3, -0.25) is 14.5 Å². The molecular weight excluding hydrogens is 356 g/mol. The summed E-state index contributed by atoms with van der Waals surface area (Å²) in [4.78, 5) is 26.0. The lowest BCUT2D eigenvalue weighted by Crippen LogP contribution is -2.35. The number of carbonyl (C=O) groups excluding carboxylic acids is 2. The van der Waals surface area contributed by atoms with E-state index in [1.165, 1.54) is 16.2 Å². The van der Waals surface area contributed by atoms with Gasteiger partial charge in [-0.15, -0.1) is 10.2 Å². The second-order valence-electron chi connectivity index (χ2n) is 5.77. The van der Waals surface area contributed by atoms with Crippen LogP contribution >= 0.6 is 11.3 Å². The zero-order valence-corrected chi connectivity index (χ0v) is 15.2. The highest BCUT2D eigenvalue weighted by atomic mass is 32.1. The van der Waals surface area contributed by atoms with E-state index in [1.54, 1.807) is 7.11 Å². The third-order valence-corrected chi connectivity index (χ3v) is 4.78. The van der Waals surface area contributed by atoms with Gasteiger partial charge >= 0.3 is 0 Å². The largest absolute Gasteiger partial charge is 0.492 e. The summed E-state index contributed by atoms with van der Waals surface area (Å²) >= 11 is 1.30. The summed E-state index contributed by atoms with van der Waals surface area (Å²) in [6.07, 6.45) is 0.171. The summed E-state index contributed by atoms with van der Waals surface area (Å²) in [5.74, 6) is 0.0889. The molecule has 0 radical (unpaired) electrons. The smallest absolute Gasteiger partial charge is 0.229 e. The van der Waals surface area contributed by atoms with Crippen LogP contribution in [0, 0.1) is 5.92 Å². The number of methoxy groups -OCH3 is 1. The predicted octanol–water partition coefficient (Wildman–Crippen LogP) is 1.23. The first-order valence-corrected chi connectivity index (χ1v) is 9.06. The highest BCUT2D eigenvalue weighted by molar-refractivity contribution is 7.15. The standard InChI is InChI=1S/C17H20N4O4S/c1-24-11-14-19-20-17(26-14)21-10-12(9-15(21)22)16(23)18-7-8-25-13-5-3-2-4-6-13/h2-6,12H,7-11H2,1H3,(H,18,23). The van der Waals surface area contributed by atoms with E-state index < -0.39 is 5.92 Å². The Bertz CT molecular complexity index is 752. The molecule has 9 heteroatoms. The summed E-state index contributed by atoms with van der Waals surface area (Å²) < 4.78 is 10.5. The first-order valence-electron chi connectivity index (χ1n) is 8.24. The second-order valence-corrected chi connectivity index (χ2v) is 6.81. The van der Waals surface area contributed by atoms with E-state index in [-0.39, 0.29) is 18.2 Å². The van der Waals surface area contributed by atoms with Gasteiger partial charge in [-0.05, 0) is 12.1 Å². The van der Waals surface area contributed by atoms with Crippen molar-refractivity contribution < 1.29 is 19.1 Å². The van der Waals surface area contributed by atoms with Gasteiger partial charge in [0.05, 0.1) is 12.5 Å². The third-order valence-electron chi connectivity index (χ3n) is 3.86. The summed E-state index contributed by atoms with van der Waals surface area (Å²) in [7, 11) is 1.57. The summed E-state index contributed by atoms with van der Waals surface area (Å²) in [5.41, 5.74) is 0. The van der Waals surface area contributed by atoms with E-state index in [1.807, 2.05) is 30.3 Å². The zero-order chi connectivity index (χ0) is 18.4. The van der Waals surface area contributed by atoms with Crippen molar-refractivity contribution in [1.29, 1.82) is 0 Å². The fraction of sp³-hybridized carbons (Fsp3) is 0.412. The van der Waals surface area contributed by atoms with Crippen molar-refractivity contribution in [3.05, 3.63) is 35.3 Å². The van der Waals surface area contributed by atoms with Crippen LogP contribution in [-0.2, 0) is 20.9 Å². The van der Waals surface area contributed by atoms with E-state index in [0.717, 1.165) is 5.75 Å². The monoisotopic (exact) mass is 376 g/mol. The van der Waals surface area contributed by atoms with Crippen LogP contribution in [0.15, 0.2) is 30.3 Å². The fourth-order valence-corrected chi connectivity index (χ4v) is 3.45. The normalized spacial score (nSPS) is 16.7. The SMILES string of the molecule is COCc1nnc(N2CC(C(=O)NCCOc3ccccc3)CC2=O)s1. The number of rotatable bonds is 8. The van der Waals surface area contributed by atoms with Crippen molar-refractivity contribution >= 4 is 28.3 Å². The van der Waals surface area contributed by atoms with Gasteiger partial charge in [0.1, 0.15) is 24.0 Å². The second kappa shape index (κ2) is 8.72. The topological polar surface area (TPSA) is 93.7 Å². The van der Waals surface area contributed by atoms with Crippen LogP contribution in [-0.4, -0.2) is 48.8 Å². The Morgan fingerprint density at radius 1 is 1.35 bits per heavy atom. The molecule has 3 rings (SSSR count). The van der Waals surface area contributed by atoms with Crippen LogP contribution in [0.3, 0.4) is 0 Å². The minimum atomic E-state index is -0.394. The number of hydrogen-bond acceptors (Lipinski definition) is 7. The molecule has 1 atom stereocenters. The molecule has 1 aliphatic rings. The predicted molar refractivity (Wildman–Crippen MR) is 96.0 cm³/mol. The van der Waals surface area contributed by atoms with E-state index in [4.69, 9.17) is 9.47 Å². The number of nitrogens with zero attached hydrogens (tertiary/aromatic N) is 3. The Kier molecular flexibility index (Phi) is 6.13. The van der Waals surface area contributed by atoms with Crippen LogP contribution in [0.1, 0.15) is 11.4 Å². The fourth-order valence-electron chi connectivity index (χ4n) is 2.61. The molecule has 1 aliphatic heterocycles. The maximum atomic E-state index is 12.3. The average molecular weight is 376 g/mol. The molecule has 2 aromatic rings. The minimum absolute atomic E-state index is 0.120. The first kappa shape index (κ1) is 18.3. The van der Waals surface area contributed by atoms with Gasteiger partial charge in [0, 0.05) is 20.1 Å². The quantitative estimate of drug-likeness (QED) is 0.697. The molecule has 1 aromatic heterocycles. The number of ether oxygens (including phenoxy) is 2. The number of para-hydroxylation sites is 1. The van der Waals surface area contributed by atoms with Crippen molar-refractivity contribution in [2.75, 3.05) is 31.7 Å². The van der Waals surface area contributed by atoms with E-state index in [0.29, 0.717) is 36.4 Å². The number of anilines is 1. The number of nitrogens with one attached hydrogen (secondary N) is 1. The Balaban J connectivity index is 1.45. The van der Waals surface area contributed by atoms with E-state index >= 15 is 0 Å². The number of aromatic nitrogens is 2. The van der Waals surface area contributed by atoms with Crippen LogP contribution in [0.2, 0.25) is 0 Å². The third kappa shape index (κ3) is 4.55. The zero-order valence-electron chi connectivity index (χ0n) is 14.4. The molecule has 1 fully saturated rings. The lowest BCUT2D eigenvalue weighted by molar-refractivity contribution is -0.126. The van der Waals surface area contributed by atoms with Gasteiger partial charge in [-0.2, -0.15) is 0 Å². The van der Waals surface area contributed by atoms with Crippen molar-refractivity contribution in [3.8, 4) is 5.75 Å². The van der Waals surface area contributed by atoms with Crippen molar-refractivity contribution in [3.63, 3.8) is 0 Å². The van der Waals surface area contributed by atoms with Gasteiger partial charge in [0.2, 0.25) is 16.9 Å². The Labute approximate surface area is 155 Å². The number of carbonyl (C=O) groups is 2. The maximum Gasteiger partial charge on any atom is 0.229 e. The molecule has 0 spiro atoms.